The second-order valence-electron chi connectivity index (χ2n) is 7.36. The summed E-state index contributed by atoms with van der Waals surface area (Å²) in [6.07, 6.45) is 7.00. The van der Waals surface area contributed by atoms with Crippen LogP contribution < -0.4 is 10.6 Å². The molecule has 4 N–H and O–H groups in total. The number of aromatic amines is 1. The van der Waals surface area contributed by atoms with E-state index in [9.17, 15) is 9.90 Å². The predicted molar refractivity (Wildman–Crippen MR) is 122 cm³/mol. The summed E-state index contributed by atoms with van der Waals surface area (Å²) in [5.41, 5.74) is 4.64. The molecule has 1 atom stereocenters. The number of nitrogens with zero attached hydrogens (tertiary/aromatic N) is 3. The number of amides is 1. The van der Waals surface area contributed by atoms with Crippen LogP contribution in [0, 0.1) is 6.92 Å². The Morgan fingerprint density at radius 1 is 1.16 bits per heavy atom. The fraction of sp³-hybridized carbons (Fsp3) is 0.167. The lowest BCUT2D eigenvalue weighted by molar-refractivity contribution is 0.0912. The van der Waals surface area contributed by atoms with Crippen LogP contribution in [0.4, 0.5) is 5.95 Å². The largest absolute Gasteiger partial charge is 0.394 e. The molecule has 32 heavy (non-hydrogen) atoms. The van der Waals surface area contributed by atoms with Crippen molar-refractivity contribution in [1.29, 1.82) is 0 Å². The van der Waals surface area contributed by atoms with Crippen molar-refractivity contribution in [3.05, 3.63) is 95.7 Å². The highest BCUT2D eigenvalue weighted by Crippen LogP contribution is 2.23. The number of carbonyl (C=O) groups is 1. The number of aliphatic hydroxyl groups is 1. The molecular weight excluding hydrogens is 404 g/mol. The Morgan fingerprint density at radius 2 is 2.00 bits per heavy atom. The van der Waals surface area contributed by atoms with Crippen LogP contribution in [0.2, 0.25) is 0 Å². The third kappa shape index (κ3) is 4.98. The van der Waals surface area contributed by atoms with E-state index in [0.717, 1.165) is 27.9 Å². The van der Waals surface area contributed by atoms with Crippen molar-refractivity contribution < 1.29 is 9.90 Å². The minimum Gasteiger partial charge on any atom is -0.394 e. The predicted octanol–water partition coefficient (Wildman–Crippen LogP) is 3.25. The minimum atomic E-state index is -0.487. The summed E-state index contributed by atoms with van der Waals surface area (Å²) in [5, 5.41) is 15.8. The summed E-state index contributed by atoms with van der Waals surface area (Å²) < 4.78 is 0. The van der Waals surface area contributed by atoms with Gasteiger partial charge in [-0.1, -0.05) is 36.4 Å². The lowest BCUT2D eigenvalue weighted by atomic mass is 10.1. The van der Waals surface area contributed by atoms with Crippen LogP contribution in [0.1, 0.15) is 33.2 Å². The average molecular weight is 428 g/mol. The summed E-state index contributed by atoms with van der Waals surface area (Å²) in [6.45, 7) is 2.28. The Bertz CT molecular complexity index is 1180. The normalized spacial score (nSPS) is 11.7. The molecule has 3 aromatic heterocycles. The molecule has 0 saturated carbocycles. The van der Waals surface area contributed by atoms with Gasteiger partial charge in [0.15, 0.2) is 0 Å². The van der Waals surface area contributed by atoms with Crippen molar-refractivity contribution in [3.63, 3.8) is 0 Å². The third-order valence-corrected chi connectivity index (χ3v) is 5.04. The summed E-state index contributed by atoms with van der Waals surface area (Å²) in [4.78, 5) is 28.8. The molecule has 0 bridgehead atoms. The Morgan fingerprint density at radius 3 is 2.75 bits per heavy atom. The molecular formula is C24H24N6O2. The number of aryl methyl sites for hydroxylation is 1. The van der Waals surface area contributed by atoms with Gasteiger partial charge in [-0.25, -0.2) is 9.97 Å². The first kappa shape index (κ1) is 21.2. The number of H-pyrrole nitrogens is 1. The van der Waals surface area contributed by atoms with E-state index >= 15 is 0 Å². The zero-order valence-electron chi connectivity index (χ0n) is 17.6. The highest BCUT2D eigenvalue weighted by Gasteiger charge is 2.17. The number of aromatic nitrogens is 4. The van der Waals surface area contributed by atoms with E-state index in [0.29, 0.717) is 18.2 Å². The van der Waals surface area contributed by atoms with E-state index in [1.54, 1.807) is 30.9 Å². The molecule has 3 heterocycles. The van der Waals surface area contributed by atoms with E-state index in [4.69, 9.17) is 0 Å². The number of pyridine rings is 1. The van der Waals surface area contributed by atoms with Crippen LogP contribution >= 0.6 is 0 Å². The van der Waals surface area contributed by atoms with Gasteiger partial charge in [-0.3, -0.25) is 9.78 Å². The van der Waals surface area contributed by atoms with E-state index < -0.39 is 6.04 Å². The molecule has 1 unspecified atom stereocenters. The van der Waals surface area contributed by atoms with Crippen LogP contribution in [0.5, 0.6) is 0 Å². The zero-order valence-corrected chi connectivity index (χ0v) is 17.6. The molecule has 8 nitrogen and oxygen atoms in total. The molecule has 162 valence electrons. The monoisotopic (exact) mass is 428 g/mol. The topological polar surface area (TPSA) is 116 Å². The first-order valence-electron chi connectivity index (χ1n) is 10.3. The van der Waals surface area contributed by atoms with E-state index in [2.05, 4.69) is 30.6 Å². The van der Waals surface area contributed by atoms with Gasteiger partial charge in [0, 0.05) is 36.9 Å². The van der Waals surface area contributed by atoms with Gasteiger partial charge in [0.05, 0.1) is 18.3 Å². The molecule has 0 saturated heterocycles. The van der Waals surface area contributed by atoms with Crippen LogP contribution in [-0.4, -0.2) is 37.6 Å². The lowest BCUT2D eigenvalue weighted by Gasteiger charge is -2.16. The lowest BCUT2D eigenvalue weighted by Crippen LogP contribution is -2.30. The Hall–Kier alpha value is -4.04. The van der Waals surface area contributed by atoms with Crippen molar-refractivity contribution in [2.24, 2.45) is 0 Å². The van der Waals surface area contributed by atoms with Crippen molar-refractivity contribution >= 4 is 11.9 Å². The molecule has 0 aliphatic carbocycles. The Kier molecular flexibility index (Phi) is 6.52. The summed E-state index contributed by atoms with van der Waals surface area (Å²) in [7, 11) is 0. The summed E-state index contributed by atoms with van der Waals surface area (Å²) in [6, 6.07) is 14.5. The maximum absolute atomic E-state index is 12.7. The van der Waals surface area contributed by atoms with Crippen LogP contribution in [0.3, 0.4) is 0 Å². The van der Waals surface area contributed by atoms with Gasteiger partial charge in [-0.2, -0.15) is 0 Å². The van der Waals surface area contributed by atoms with Gasteiger partial charge in [-0.05, 0) is 35.7 Å². The molecule has 4 aromatic rings. The highest BCUT2D eigenvalue weighted by atomic mass is 16.3. The van der Waals surface area contributed by atoms with Gasteiger partial charge < -0.3 is 20.7 Å². The maximum atomic E-state index is 12.7. The third-order valence-electron chi connectivity index (χ3n) is 5.04. The van der Waals surface area contributed by atoms with Gasteiger partial charge in [0.1, 0.15) is 5.69 Å². The minimum absolute atomic E-state index is 0.194. The highest BCUT2D eigenvalue weighted by molar-refractivity contribution is 5.94. The molecule has 1 aromatic carbocycles. The number of carbonyl (C=O) groups excluding carboxylic acids is 1. The number of benzene rings is 1. The number of aliphatic hydroxyl groups excluding tert-OH is 1. The molecule has 0 spiro atoms. The summed E-state index contributed by atoms with van der Waals surface area (Å²) in [5.74, 6) is 0.187. The van der Waals surface area contributed by atoms with Crippen LogP contribution in [-0.2, 0) is 6.54 Å². The average Bonchev–Trinajstić information content (AvgIpc) is 3.33. The SMILES string of the molecule is Cc1cnc(NCc2cccnc2)nc1-c1c[nH]c(C(=O)NC(CO)c2ccccc2)c1. The van der Waals surface area contributed by atoms with Crippen molar-refractivity contribution in [2.45, 2.75) is 19.5 Å². The van der Waals surface area contributed by atoms with Crippen molar-refractivity contribution in [1.82, 2.24) is 25.3 Å². The van der Waals surface area contributed by atoms with Crippen molar-refractivity contribution in [2.75, 3.05) is 11.9 Å². The van der Waals surface area contributed by atoms with Crippen LogP contribution in [0.25, 0.3) is 11.3 Å². The summed E-state index contributed by atoms with van der Waals surface area (Å²) >= 11 is 0. The standard InChI is InChI=1S/C24H24N6O2/c1-16-11-27-24(28-13-17-6-5-9-25-12-17)30-22(16)19-10-20(26-14-19)23(32)29-21(15-31)18-7-3-2-4-8-18/h2-12,14,21,26,31H,13,15H2,1H3,(H,29,32)(H,27,28,30). The van der Waals surface area contributed by atoms with Crippen molar-refractivity contribution in [3.8, 4) is 11.3 Å². The van der Waals surface area contributed by atoms with Gasteiger partial charge >= 0.3 is 0 Å². The second kappa shape index (κ2) is 9.84. The fourth-order valence-corrected chi connectivity index (χ4v) is 3.32. The smallest absolute Gasteiger partial charge is 0.268 e. The number of anilines is 1. The van der Waals surface area contributed by atoms with E-state index in [1.807, 2.05) is 49.4 Å². The Labute approximate surface area is 185 Å². The molecule has 0 aliphatic rings. The van der Waals surface area contributed by atoms with E-state index in [-0.39, 0.29) is 12.5 Å². The Balaban J connectivity index is 1.48. The number of rotatable bonds is 8. The molecule has 1 amide bonds. The maximum Gasteiger partial charge on any atom is 0.268 e. The molecule has 0 aliphatic heterocycles. The number of hydrogen-bond donors (Lipinski definition) is 4. The second-order valence-corrected chi connectivity index (χ2v) is 7.36. The quantitative estimate of drug-likeness (QED) is 0.342. The van der Waals surface area contributed by atoms with Gasteiger partial charge in [0.25, 0.3) is 5.91 Å². The van der Waals surface area contributed by atoms with Crippen LogP contribution in [0.15, 0.2) is 73.3 Å². The molecule has 0 fully saturated rings. The number of nitrogens with one attached hydrogen (secondary N) is 3. The van der Waals surface area contributed by atoms with Gasteiger partial charge in [-0.15, -0.1) is 0 Å². The zero-order chi connectivity index (χ0) is 22.3. The number of hydrogen-bond acceptors (Lipinski definition) is 6. The van der Waals surface area contributed by atoms with Gasteiger partial charge in [0.2, 0.25) is 5.95 Å². The molecule has 8 heteroatoms. The first-order valence-corrected chi connectivity index (χ1v) is 10.3. The van der Waals surface area contributed by atoms with E-state index in [1.165, 1.54) is 0 Å². The molecule has 4 rings (SSSR count). The first-order chi connectivity index (χ1) is 15.6. The molecule has 0 radical (unpaired) electrons. The fourth-order valence-electron chi connectivity index (χ4n) is 3.32.